The quantitative estimate of drug-likeness (QED) is 0.301. The second-order valence-electron chi connectivity index (χ2n) is 7.61. The first kappa shape index (κ1) is 23.6. The van der Waals surface area contributed by atoms with Crippen molar-refractivity contribution in [3.05, 3.63) is 98.6 Å². The van der Waals surface area contributed by atoms with Gasteiger partial charge in [0, 0.05) is 16.7 Å². The number of rotatable bonds is 6. The molecule has 1 heterocycles. The molecule has 0 aromatic heterocycles. The number of amides is 4. The Morgan fingerprint density at radius 1 is 0.914 bits per heavy atom. The summed E-state index contributed by atoms with van der Waals surface area (Å²) in [6, 6.07) is 15.0. The number of nitrogens with one attached hydrogen (secondary N) is 2. The first-order valence-electron chi connectivity index (χ1n) is 10.3. The highest BCUT2D eigenvalue weighted by Crippen LogP contribution is 2.32. The average Bonchev–Trinajstić information content (AvgIpc) is 3.10. The zero-order valence-corrected chi connectivity index (χ0v) is 18.9. The van der Waals surface area contributed by atoms with Gasteiger partial charge in [-0.2, -0.15) is 0 Å². The number of nitrogens with zero attached hydrogens (tertiary/aromatic N) is 2. The van der Waals surface area contributed by atoms with Gasteiger partial charge in [0.25, 0.3) is 23.4 Å². The molecule has 11 heteroatoms. The Morgan fingerprint density at radius 2 is 1.54 bits per heavy atom. The van der Waals surface area contributed by atoms with Gasteiger partial charge in [-0.15, -0.1) is 0 Å². The number of imide groups is 1. The van der Waals surface area contributed by atoms with Crippen LogP contribution in [0, 0.1) is 10.1 Å². The predicted molar refractivity (Wildman–Crippen MR) is 128 cm³/mol. The van der Waals surface area contributed by atoms with Crippen molar-refractivity contribution < 1.29 is 24.1 Å². The fourth-order valence-electron chi connectivity index (χ4n) is 3.64. The summed E-state index contributed by atoms with van der Waals surface area (Å²) in [6.07, 6.45) is 0. The number of hydrogen-bond donors (Lipinski definition) is 2. The van der Waals surface area contributed by atoms with E-state index in [0.717, 1.165) is 6.07 Å². The third-order valence-corrected chi connectivity index (χ3v) is 5.68. The van der Waals surface area contributed by atoms with E-state index in [1.807, 2.05) is 0 Å². The Bertz CT molecular complexity index is 1390. The van der Waals surface area contributed by atoms with Crippen molar-refractivity contribution in [1.29, 1.82) is 0 Å². The maximum Gasteiger partial charge on any atom is 0.282 e. The van der Waals surface area contributed by atoms with Crippen LogP contribution in [0.2, 0.25) is 5.02 Å². The molecule has 0 fully saturated rings. The second kappa shape index (κ2) is 9.35. The summed E-state index contributed by atoms with van der Waals surface area (Å²) in [7, 11) is 0. The molecule has 4 rings (SSSR count). The van der Waals surface area contributed by atoms with E-state index in [9.17, 15) is 29.3 Å². The lowest BCUT2D eigenvalue weighted by Gasteiger charge is -2.22. The minimum atomic E-state index is -1.29. The number of nitro groups is 1. The summed E-state index contributed by atoms with van der Waals surface area (Å²) in [4.78, 5) is 62.5. The molecule has 176 valence electrons. The molecule has 0 bridgehead atoms. The molecule has 0 spiro atoms. The molecule has 1 aliphatic heterocycles. The minimum absolute atomic E-state index is 0.139. The number of carbonyl (C=O) groups excluding carboxylic acids is 4. The summed E-state index contributed by atoms with van der Waals surface area (Å²) in [6.45, 7) is 1.33. The largest absolute Gasteiger partial charge is 0.322 e. The van der Waals surface area contributed by atoms with Crippen LogP contribution < -0.4 is 10.6 Å². The first-order chi connectivity index (χ1) is 16.7. The van der Waals surface area contributed by atoms with E-state index in [0.29, 0.717) is 15.5 Å². The molecule has 2 N–H and O–H groups in total. The fraction of sp³-hybridized carbons (Fsp3) is 0.0833. The molecule has 35 heavy (non-hydrogen) atoms. The van der Waals surface area contributed by atoms with Gasteiger partial charge in [-0.1, -0.05) is 29.8 Å². The molecule has 0 aliphatic carbocycles. The molecule has 3 aromatic rings. The highest BCUT2D eigenvalue weighted by Gasteiger charge is 2.44. The molecular weight excluding hydrogens is 476 g/mol. The van der Waals surface area contributed by atoms with Crippen molar-refractivity contribution in [3.63, 3.8) is 0 Å². The van der Waals surface area contributed by atoms with Crippen LogP contribution in [0.15, 0.2) is 66.7 Å². The lowest BCUT2D eigenvalue weighted by Crippen LogP contribution is -2.45. The molecule has 1 unspecified atom stereocenters. The molecule has 1 aliphatic rings. The van der Waals surface area contributed by atoms with Gasteiger partial charge < -0.3 is 10.6 Å². The average molecular weight is 493 g/mol. The van der Waals surface area contributed by atoms with Crippen molar-refractivity contribution in [3.8, 4) is 0 Å². The monoisotopic (exact) mass is 492 g/mol. The highest BCUT2D eigenvalue weighted by atomic mass is 35.5. The molecule has 3 aromatic carbocycles. The van der Waals surface area contributed by atoms with Gasteiger partial charge in [0.2, 0.25) is 5.91 Å². The SMILES string of the molecule is CC(C(=O)Nc1ccccc1NC(=O)c1ccc(Cl)cc1)N1C(=O)c2cccc([N+](=O)[O-])c2C1=O. The maximum absolute atomic E-state index is 13.0. The number of fused-ring (bicyclic) bond motifs is 1. The zero-order chi connectivity index (χ0) is 25.3. The summed E-state index contributed by atoms with van der Waals surface area (Å²) < 4.78 is 0. The van der Waals surface area contributed by atoms with E-state index in [2.05, 4.69) is 10.6 Å². The highest BCUT2D eigenvalue weighted by molar-refractivity contribution is 6.30. The van der Waals surface area contributed by atoms with E-state index in [1.165, 1.54) is 25.1 Å². The first-order valence-corrected chi connectivity index (χ1v) is 10.7. The van der Waals surface area contributed by atoms with E-state index in [4.69, 9.17) is 11.6 Å². The van der Waals surface area contributed by atoms with Crippen LogP contribution in [0.25, 0.3) is 0 Å². The van der Waals surface area contributed by atoms with E-state index < -0.39 is 40.3 Å². The summed E-state index contributed by atoms with van der Waals surface area (Å²) >= 11 is 5.85. The molecule has 4 amide bonds. The molecule has 1 atom stereocenters. The number of benzene rings is 3. The van der Waals surface area contributed by atoms with Crippen LogP contribution in [-0.4, -0.2) is 39.5 Å². The Kier molecular flexibility index (Phi) is 6.30. The standard InChI is InChI=1S/C24H17ClN4O6/c1-13(28-23(32)16-5-4-8-19(29(34)35)20(16)24(28)33)21(30)26-17-6-2-3-7-18(17)27-22(31)14-9-11-15(25)12-10-14/h2-13H,1H3,(H,26,30)(H,27,31). The fourth-order valence-corrected chi connectivity index (χ4v) is 3.77. The van der Waals surface area contributed by atoms with E-state index in [-0.39, 0.29) is 22.5 Å². The molecule has 10 nitrogen and oxygen atoms in total. The Labute approximate surface area is 203 Å². The number of nitro benzene ring substituents is 1. The number of para-hydroxylation sites is 2. The van der Waals surface area contributed by atoms with Crippen molar-refractivity contribution in [2.45, 2.75) is 13.0 Å². The number of halogens is 1. The van der Waals surface area contributed by atoms with Crippen molar-refractivity contribution in [2.75, 3.05) is 10.6 Å². The van der Waals surface area contributed by atoms with Crippen LogP contribution in [0.1, 0.15) is 38.0 Å². The van der Waals surface area contributed by atoms with Gasteiger partial charge >= 0.3 is 0 Å². The van der Waals surface area contributed by atoms with Crippen molar-refractivity contribution in [2.24, 2.45) is 0 Å². The van der Waals surface area contributed by atoms with Gasteiger partial charge in [0.1, 0.15) is 11.6 Å². The Balaban J connectivity index is 1.54. The molecule has 0 saturated heterocycles. The zero-order valence-electron chi connectivity index (χ0n) is 18.2. The van der Waals surface area contributed by atoms with E-state index in [1.54, 1.807) is 42.5 Å². The van der Waals surface area contributed by atoms with Crippen LogP contribution in [0.3, 0.4) is 0 Å². The minimum Gasteiger partial charge on any atom is -0.322 e. The van der Waals surface area contributed by atoms with Gasteiger partial charge in [-0.3, -0.25) is 34.2 Å². The van der Waals surface area contributed by atoms with Crippen LogP contribution >= 0.6 is 11.6 Å². The third-order valence-electron chi connectivity index (χ3n) is 5.43. The number of carbonyl (C=O) groups is 4. The van der Waals surface area contributed by atoms with Gasteiger partial charge in [0.15, 0.2) is 0 Å². The third kappa shape index (κ3) is 4.46. The predicted octanol–water partition coefficient (Wildman–Crippen LogP) is 4.12. The maximum atomic E-state index is 13.0. The van der Waals surface area contributed by atoms with Crippen molar-refractivity contribution >= 4 is 52.3 Å². The van der Waals surface area contributed by atoms with Gasteiger partial charge in [-0.05, 0) is 49.4 Å². The lowest BCUT2D eigenvalue weighted by molar-refractivity contribution is -0.385. The lowest BCUT2D eigenvalue weighted by atomic mass is 10.1. The summed E-state index contributed by atoms with van der Waals surface area (Å²) in [5.74, 6) is -2.90. The van der Waals surface area contributed by atoms with Gasteiger partial charge in [-0.25, -0.2) is 0 Å². The molecule has 0 saturated carbocycles. The summed E-state index contributed by atoms with van der Waals surface area (Å²) in [5.41, 5.74) is -0.139. The van der Waals surface area contributed by atoms with Gasteiger partial charge in [0.05, 0.1) is 21.9 Å². The van der Waals surface area contributed by atoms with Crippen LogP contribution in [0.4, 0.5) is 17.1 Å². The number of hydrogen-bond acceptors (Lipinski definition) is 6. The van der Waals surface area contributed by atoms with Crippen LogP contribution in [0.5, 0.6) is 0 Å². The van der Waals surface area contributed by atoms with Crippen molar-refractivity contribution in [1.82, 2.24) is 4.90 Å². The number of anilines is 2. The molecular formula is C24H17ClN4O6. The Morgan fingerprint density at radius 3 is 2.17 bits per heavy atom. The topological polar surface area (TPSA) is 139 Å². The Hall–Kier alpha value is -4.57. The second-order valence-corrected chi connectivity index (χ2v) is 8.05. The summed E-state index contributed by atoms with van der Waals surface area (Å²) in [5, 5.41) is 17.1. The van der Waals surface area contributed by atoms with Crippen LogP contribution in [-0.2, 0) is 4.79 Å². The smallest absolute Gasteiger partial charge is 0.282 e. The van der Waals surface area contributed by atoms with E-state index >= 15 is 0 Å². The normalized spacial score (nSPS) is 13.3. The molecule has 0 radical (unpaired) electrons.